The van der Waals surface area contributed by atoms with Crippen molar-refractivity contribution in [3.8, 4) is 12.3 Å². The second kappa shape index (κ2) is 8.21. The molecule has 1 heterocycles. The number of amides is 1. The van der Waals surface area contributed by atoms with Crippen LogP contribution in [0.3, 0.4) is 0 Å². The molecule has 1 aliphatic rings. The maximum Gasteiger partial charge on any atom is 0.252 e. The van der Waals surface area contributed by atoms with Crippen molar-refractivity contribution in [3.05, 3.63) is 29.3 Å². The van der Waals surface area contributed by atoms with Gasteiger partial charge >= 0.3 is 0 Å². The molecular weight excluding hydrogens is 300 g/mol. The van der Waals surface area contributed by atoms with Crippen LogP contribution in [0.2, 0.25) is 0 Å². The normalized spacial score (nSPS) is 19.6. The molecule has 4 heteroatoms. The second-order valence-corrected chi connectivity index (χ2v) is 6.90. The lowest BCUT2D eigenvalue weighted by atomic mass is 9.98. The molecule has 2 N–H and O–H groups in total. The van der Waals surface area contributed by atoms with Crippen LogP contribution in [0.4, 0.5) is 5.69 Å². The van der Waals surface area contributed by atoms with E-state index in [4.69, 9.17) is 11.2 Å². The average Bonchev–Trinajstić information content (AvgIpc) is 3.08. The zero-order valence-corrected chi connectivity index (χ0v) is 15.1. The summed E-state index contributed by atoms with van der Waals surface area (Å²) < 4.78 is 5.38. The molecule has 1 aromatic carbocycles. The Morgan fingerprint density at radius 1 is 1.38 bits per heavy atom. The van der Waals surface area contributed by atoms with Gasteiger partial charge in [0.25, 0.3) is 5.91 Å². The number of benzene rings is 1. The molecule has 0 spiro atoms. The standard InChI is InChI=1S/C20H28N2O2/c1-6-18(16-10-11-24-12-16)22-20(23)17-8-7-9-19(14(17)4)21-15(5)13(2)3/h1,7-9,13,15-16,18,21H,10-12H2,2-5H3,(H,22,23). The molecule has 1 aliphatic heterocycles. The average molecular weight is 328 g/mol. The highest BCUT2D eigenvalue weighted by atomic mass is 16.5. The van der Waals surface area contributed by atoms with Gasteiger partial charge in [-0.15, -0.1) is 6.42 Å². The first-order chi connectivity index (χ1) is 11.4. The van der Waals surface area contributed by atoms with Gasteiger partial charge in [-0.1, -0.05) is 25.8 Å². The van der Waals surface area contributed by atoms with Crippen molar-refractivity contribution in [2.45, 2.75) is 46.2 Å². The number of hydrogen-bond donors (Lipinski definition) is 2. The number of nitrogens with one attached hydrogen (secondary N) is 2. The lowest BCUT2D eigenvalue weighted by molar-refractivity contribution is 0.0931. The minimum absolute atomic E-state index is 0.122. The van der Waals surface area contributed by atoms with Crippen LogP contribution in [0.1, 0.15) is 43.1 Å². The van der Waals surface area contributed by atoms with Crippen molar-refractivity contribution in [2.24, 2.45) is 11.8 Å². The van der Waals surface area contributed by atoms with Gasteiger partial charge in [0.05, 0.1) is 12.6 Å². The molecule has 0 bridgehead atoms. The predicted molar refractivity (Wildman–Crippen MR) is 98.1 cm³/mol. The molecule has 0 saturated carbocycles. The van der Waals surface area contributed by atoms with Crippen LogP contribution in [0.15, 0.2) is 18.2 Å². The number of terminal acetylenes is 1. The van der Waals surface area contributed by atoms with E-state index in [-0.39, 0.29) is 17.9 Å². The van der Waals surface area contributed by atoms with Crippen molar-refractivity contribution < 1.29 is 9.53 Å². The van der Waals surface area contributed by atoms with Gasteiger partial charge in [0.15, 0.2) is 0 Å². The third kappa shape index (κ3) is 4.30. The first-order valence-corrected chi connectivity index (χ1v) is 8.65. The van der Waals surface area contributed by atoms with Crippen LogP contribution >= 0.6 is 0 Å². The summed E-state index contributed by atoms with van der Waals surface area (Å²) in [5.74, 6) is 3.28. The highest BCUT2D eigenvalue weighted by Crippen LogP contribution is 2.22. The Morgan fingerprint density at radius 3 is 2.71 bits per heavy atom. The molecule has 3 atom stereocenters. The monoisotopic (exact) mass is 328 g/mol. The van der Waals surface area contributed by atoms with Gasteiger partial charge in [0, 0.05) is 29.8 Å². The van der Waals surface area contributed by atoms with E-state index in [2.05, 4.69) is 37.3 Å². The van der Waals surface area contributed by atoms with E-state index in [0.717, 1.165) is 17.7 Å². The number of ether oxygens (including phenoxy) is 1. The first-order valence-electron chi connectivity index (χ1n) is 8.65. The fraction of sp³-hybridized carbons (Fsp3) is 0.550. The second-order valence-electron chi connectivity index (χ2n) is 6.90. The van der Waals surface area contributed by atoms with Gasteiger partial charge in [-0.2, -0.15) is 0 Å². The molecule has 0 aromatic heterocycles. The molecule has 1 fully saturated rings. The van der Waals surface area contributed by atoms with Crippen LogP contribution in [0.25, 0.3) is 0 Å². The Bertz CT molecular complexity index is 613. The van der Waals surface area contributed by atoms with Gasteiger partial charge in [-0.3, -0.25) is 4.79 Å². The van der Waals surface area contributed by atoms with Crippen molar-refractivity contribution >= 4 is 11.6 Å². The van der Waals surface area contributed by atoms with Crippen molar-refractivity contribution in [3.63, 3.8) is 0 Å². The summed E-state index contributed by atoms with van der Waals surface area (Å²) in [6.07, 6.45) is 6.50. The van der Waals surface area contributed by atoms with Crippen molar-refractivity contribution in [2.75, 3.05) is 18.5 Å². The molecule has 130 valence electrons. The number of carbonyl (C=O) groups is 1. The Labute approximate surface area is 145 Å². The van der Waals surface area contributed by atoms with Crippen LogP contribution in [0, 0.1) is 31.1 Å². The van der Waals surface area contributed by atoms with E-state index in [9.17, 15) is 4.79 Å². The van der Waals surface area contributed by atoms with E-state index in [1.807, 2.05) is 25.1 Å². The Balaban J connectivity index is 2.13. The quantitative estimate of drug-likeness (QED) is 0.788. The minimum Gasteiger partial charge on any atom is -0.382 e. The van der Waals surface area contributed by atoms with E-state index in [0.29, 0.717) is 30.7 Å². The first kappa shape index (κ1) is 18.4. The fourth-order valence-electron chi connectivity index (χ4n) is 2.78. The molecule has 24 heavy (non-hydrogen) atoms. The molecule has 2 rings (SSSR count). The zero-order chi connectivity index (χ0) is 17.7. The molecule has 0 radical (unpaired) electrons. The summed E-state index contributed by atoms with van der Waals surface area (Å²) in [6.45, 7) is 9.78. The topological polar surface area (TPSA) is 50.4 Å². The molecule has 1 saturated heterocycles. The van der Waals surface area contributed by atoms with E-state index in [1.165, 1.54) is 0 Å². The maximum atomic E-state index is 12.7. The summed E-state index contributed by atoms with van der Waals surface area (Å²) in [6, 6.07) is 5.80. The van der Waals surface area contributed by atoms with Crippen LogP contribution in [-0.2, 0) is 4.74 Å². The zero-order valence-electron chi connectivity index (χ0n) is 15.1. The summed E-state index contributed by atoms with van der Waals surface area (Å²) in [4.78, 5) is 12.7. The Morgan fingerprint density at radius 2 is 2.12 bits per heavy atom. The highest BCUT2D eigenvalue weighted by Gasteiger charge is 2.26. The molecular formula is C20H28N2O2. The predicted octanol–water partition coefficient (Wildman–Crippen LogP) is 3.22. The Kier molecular flexibility index (Phi) is 6.28. The van der Waals surface area contributed by atoms with Crippen molar-refractivity contribution in [1.29, 1.82) is 0 Å². The van der Waals surface area contributed by atoms with Gasteiger partial charge in [-0.05, 0) is 43.9 Å². The van der Waals surface area contributed by atoms with Crippen molar-refractivity contribution in [1.82, 2.24) is 5.32 Å². The summed E-state index contributed by atoms with van der Waals surface area (Å²) >= 11 is 0. The van der Waals surface area contributed by atoms with Gasteiger partial charge in [-0.25, -0.2) is 0 Å². The summed E-state index contributed by atoms with van der Waals surface area (Å²) in [5.41, 5.74) is 2.60. The number of carbonyl (C=O) groups excluding carboxylic acids is 1. The highest BCUT2D eigenvalue weighted by molar-refractivity contribution is 5.97. The molecule has 3 unspecified atom stereocenters. The SMILES string of the molecule is C#CC(NC(=O)c1cccc(NC(C)C(C)C)c1C)C1CCOC1. The number of hydrogen-bond acceptors (Lipinski definition) is 3. The molecule has 1 amide bonds. The van der Waals surface area contributed by atoms with E-state index < -0.39 is 0 Å². The Hall–Kier alpha value is -1.99. The largest absolute Gasteiger partial charge is 0.382 e. The lowest BCUT2D eigenvalue weighted by Crippen LogP contribution is -2.40. The molecule has 1 aromatic rings. The third-order valence-corrected chi connectivity index (χ3v) is 4.86. The van der Waals surface area contributed by atoms with Crippen LogP contribution in [-0.4, -0.2) is 31.2 Å². The molecule has 4 nitrogen and oxygen atoms in total. The van der Waals surface area contributed by atoms with Gasteiger partial charge in [0.1, 0.15) is 0 Å². The minimum atomic E-state index is -0.286. The summed E-state index contributed by atoms with van der Waals surface area (Å²) in [5, 5.41) is 6.47. The fourth-order valence-corrected chi connectivity index (χ4v) is 2.78. The molecule has 0 aliphatic carbocycles. The van der Waals surface area contributed by atoms with E-state index in [1.54, 1.807) is 0 Å². The number of rotatable bonds is 6. The van der Waals surface area contributed by atoms with E-state index >= 15 is 0 Å². The summed E-state index contributed by atoms with van der Waals surface area (Å²) in [7, 11) is 0. The lowest BCUT2D eigenvalue weighted by Gasteiger charge is -2.22. The number of anilines is 1. The maximum absolute atomic E-state index is 12.7. The van der Waals surface area contributed by atoms with Crippen LogP contribution in [0.5, 0.6) is 0 Å². The van der Waals surface area contributed by atoms with Gasteiger partial charge in [0.2, 0.25) is 0 Å². The third-order valence-electron chi connectivity index (χ3n) is 4.86. The van der Waals surface area contributed by atoms with Gasteiger partial charge < -0.3 is 15.4 Å². The smallest absolute Gasteiger partial charge is 0.252 e. The van der Waals surface area contributed by atoms with Crippen LogP contribution < -0.4 is 10.6 Å².